The summed E-state index contributed by atoms with van der Waals surface area (Å²) in [7, 11) is 0. The molecule has 2 aromatic rings. The Morgan fingerprint density at radius 3 is 2.32 bits per heavy atom. The van der Waals surface area contributed by atoms with Crippen LogP contribution in [0.4, 0.5) is 0 Å². The first kappa shape index (κ1) is 20.0. The molecule has 0 aromatic heterocycles. The lowest BCUT2D eigenvalue weighted by Gasteiger charge is -2.16. The van der Waals surface area contributed by atoms with Crippen molar-refractivity contribution in [1.82, 2.24) is 5.32 Å². The van der Waals surface area contributed by atoms with Crippen LogP contribution in [0.3, 0.4) is 0 Å². The monoisotopic (exact) mass is 359 g/mol. The summed E-state index contributed by atoms with van der Waals surface area (Å²) < 4.78 is 0. The van der Waals surface area contributed by atoms with E-state index in [1.165, 1.54) is 29.5 Å². The van der Waals surface area contributed by atoms with E-state index in [0.717, 1.165) is 25.8 Å². The van der Waals surface area contributed by atoms with Gasteiger partial charge in [-0.2, -0.15) is 0 Å². The normalized spacial score (nSPS) is 22.6. The van der Waals surface area contributed by atoms with Crippen LogP contribution in [0.1, 0.15) is 38.2 Å². The van der Waals surface area contributed by atoms with E-state index in [4.69, 9.17) is 0 Å². The maximum Gasteiger partial charge on any atom is 0.0696 e. The van der Waals surface area contributed by atoms with E-state index in [2.05, 4.69) is 60.8 Å². The maximum absolute atomic E-state index is 10.3. The van der Waals surface area contributed by atoms with Crippen LogP contribution in [0.5, 0.6) is 0 Å². The number of nitrogens with one attached hydrogen (secondary N) is 1. The second-order valence-electron chi connectivity index (χ2n) is 7.09. The minimum absolute atomic E-state index is 0. The third-order valence-electron chi connectivity index (χ3n) is 5.15. The molecule has 1 aliphatic carbocycles. The number of hydrogen-bond acceptors (Lipinski definition) is 2. The molecule has 0 bridgehead atoms. The van der Waals surface area contributed by atoms with Gasteiger partial charge in [0.2, 0.25) is 0 Å². The summed E-state index contributed by atoms with van der Waals surface area (Å²) in [6, 6.07) is 19.7. The number of unbranched alkanes of at least 4 members (excludes halogenated alkanes) is 1. The zero-order chi connectivity index (χ0) is 16.8. The van der Waals surface area contributed by atoms with Crippen LogP contribution < -0.4 is 5.32 Å². The van der Waals surface area contributed by atoms with E-state index in [1.807, 2.05) is 6.07 Å². The summed E-state index contributed by atoms with van der Waals surface area (Å²) in [6.07, 6.45) is 5.28. The fourth-order valence-electron chi connectivity index (χ4n) is 3.77. The van der Waals surface area contributed by atoms with Crippen molar-refractivity contribution in [2.45, 2.75) is 51.2 Å². The predicted octanol–water partition coefficient (Wildman–Crippen LogP) is 4.85. The number of benzene rings is 2. The zero-order valence-electron chi connectivity index (χ0n) is 15.0. The van der Waals surface area contributed by atoms with Gasteiger partial charge >= 0.3 is 0 Å². The highest BCUT2D eigenvalue weighted by Gasteiger charge is 2.32. The van der Waals surface area contributed by atoms with Crippen molar-refractivity contribution < 1.29 is 5.11 Å². The quantitative estimate of drug-likeness (QED) is 0.693. The van der Waals surface area contributed by atoms with Crippen LogP contribution in [0, 0.1) is 5.92 Å². The molecule has 0 radical (unpaired) electrons. The van der Waals surface area contributed by atoms with Gasteiger partial charge in [0.25, 0.3) is 0 Å². The largest absolute Gasteiger partial charge is 0.391 e. The Hall–Kier alpha value is -1.35. The standard InChI is InChI=1S/C22H29NO.ClH/c1-2-3-13-23-21-15-18(16-22(21)24)14-17-9-11-20(12-10-17)19-7-5-4-6-8-19;/h4-12,18,21-24H,2-3,13-16H2,1H3;1H/t18-,21-,22-;/m1./s1. The fraction of sp³-hybridized carbons (Fsp3) is 0.455. The summed E-state index contributed by atoms with van der Waals surface area (Å²) >= 11 is 0. The van der Waals surface area contributed by atoms with Gasteiger partial charge in [0.05, 0.1) is 6.10 Å². The Labute approximate surface area is 158 Å². The average Bonchev–Trinajstić information content (AvgIpc) is 2.96. The van der Waals surface area contributed by atoms with Gasteiger partial charge in [0.15, 0.2) is 0 Å². The Morgan fingerprint density at radius 1 is 0.960 bits per heavy atom. The Bertz CT molecular complexity index is 614. The molecule has 0 aliphatic heterocycles. The van der Waals surface area contributed by atoms with Crippen LogP contribution >= 0.6 is 12.4 Å². The molecule has 1 fully saturated rings. The molecule has 0 saturated heterocycles. The minimum atomic E-state index is -0.185. The van der Waals surface area contributed by atoms with Crippen LogP contribution in [0.15, 0.2) is 54.6 Å². The molecular weight excluding hydrogens is 330 g/mol. The lowest BCUT2D eigenvalue weighted by atomic mass is 9.96. The lowest BCUT2D eigenvalue weighted by Crippen LogP contribution is -2.36. The second kappa shape index (κ2) is 9.96. The first-order valence-electron chi connectivity index (χ1n) is 9.32. The van der Waals surface area contributed by atoms with E-state index >= 15 is 0 Å². The van der Waals surface area contributed by atoms with Gasteiger partial charge in [-0.25, -0.2) is 0 Å². The van der Waals surface area contributed by atoms with Crippen molar-refractivity contribution in [3.05, 3.63) is 60.2 Å². The highest BCUT2D eigenvalue weighted by Crippen LogP contribution is 2.30. The molecule has 1 saturated carbocycles. The Balaban J connectivity index is 0.00000225. The first-order valence-corrected chi connectivity index (χ1v) is 9.32. The number of aliphatic hydroxyl groups excluding tert-OH is 1. The number of halogens is 1. The molecule has 25 heavy (non-hydrogen) atoms. The second-order valence-corrected chi connectivity index (χ2v) is 7.09. The molecule has 136 valence electrons. The SMILES string of the molecule is CCCCN[C@@H]1C[C@@H](Cc2ccc(-c3ccccc3)cc2)C[C@H]1O.Cl. The highest BCUT2D eigenvalue weighted by molar-refractivity contribution is 5.85. The predicted molar refractivity (Wildman–Crippen MR) is 108 cm³/mol. The maximum atomic E-state index is 10.3. The smallest absolute Gasteiger partial charge is 0.0696 e. The van der Waals surface area contributed by atoms with Crippen molar-refractivity contribution in [1.29, 1.82) is 0 Å². The highest BCUT2D eigenvalue weighted by atomic mass is 35.5. The van der Waals surface area contributed by atoms with Crippen LogP contribution in [0.2, 0.25) is 0 Å². The minimum Gasteiger partial charge on any atom is -0.391 e. The Morgan fingerprint density at radius 2 is 1.64 bits per heavy atom. The van der Waals surface area contributed by atoms with E-state index in [9.17, 15) is 5.11 Å². The molecule has 3 heteroatoms. The first-order chi connectivity index (χ1) is 11.8. The zero-order valence-corrected chi connectivity index (χ0v) is 15.8. The van der Waals surface area contributed by atoms with Gasteiger partial charge in [-0.3, -0.25) is 0 Å². The van der Waals surface area contributed by atoms with Crippen LogP contribution in [0.25, 0.3) is 11.1 Å². The van der Waals surface area contributed by atoms with Crippen molar-refractivity contribution in [3.8, 4) is 11.1 Å². The molecular formula is C22H30ClNO. The summed E-state index contributed by atoms with van der Waals surface area (Å²) in [5.41, 5.74) is 3.91. The summed E-state index contributed by atoms with van der Waals surface area (Å²) in [4.78, 5) is 0. The molecule has 2 aromatic carbocycles. The molecule has 0 unspecified atom stereocenters. The van der Waals surface area contributed by atoms with Crippen molar-refractivity contribution in [2.24, 2.45) is 5.92 Å². The molecule has 2 N–H and O–H groups in total. The topological polar surface area (TPSA) is 32.3 Å². The van der Waals surface area contributed by atoms with Crippen molar-refractivity contribution in [3.63, 3.8) is 0 Å². The van der Waals surface area contributed by atoms with Crippen LogP contribution in [-0.2, 0) is 6.42 Å². The van der Waals surface area contributed by atoms with Gasteiger partial charge in [-0.05, 0) is 54.8 Å². The van der Waals surface area contributed by atoms with Crippen molar-refractivity contribution in [2.75, 3.05) is 6.54 Å². The van der Waals surface area contributed by atoms with Crippen molar-refractivity contribution >= 4 is 12.4 Å². The molecule has 2 nitrogen and oxygen atoms in total. The third kappa shape index (κ3) is 5.57. The number of aliphatic hydroxyl groups is 1. The number of hydrogen-bond donors (Lipinski definition) is 2. The average molecular weight is 360 g/mol. The third-order valence-corrected chi connectivity index (χ3v) is 5.15. The molecule has 3 rings (SSSR count). The van der Waals surface area contributed by atoms with Gasteiger partial charge in [0.1, 0.15) is 0 Å². The lowest BCUT2D eigenvalue weighted by molar-refractivity contribution is 0.147. The van der Waals surface area contributed by atoms with E-state index in [0.29, 0.717) is 5.92 Å². The van der Waals surface area contributed by atoms with Crippen LogP contribution in [-0.4, -0.2) is 23.8 Å². The molecule has 0 amide bonds. The van der Waals surface area contributed by atoms with Gasteiger partial charge in [-0.1, -0.05) is 67.9 Å². The number of rotatable bonds is 7. The summed E-state index contributed by atoms with van der Waals surface area (Å²) in [6.45, 7) is 3.23. The van der Waals surface area contributed by atoms with Gasteiger partial charge in [-0.15, -0.1) is 12.4 Å². The summed E-state index contributed by atoms with van der Waals surface area (Å²) in [5, 5.41) is 13.8. The van der Waals surface area contributed by atoms with E-state index < -0.39 is 0 Å². The van der Waals surface area contributed by atoms with E-state index in [1.54, 1.807) is 0 Å². The van der Waals surface area contributed by atoms with E-state index in [-0.39, 0.29) is 24.6 Å². The van der Waals surface area contributed by atoms with Gasteiger partial charge in [0, 0.05) is 6.04 Å². The molecule has 1 aliphatic rings. The molecule has 3 atom stereocenters. The fourth-order valence-corrected chi connectivity index (χ4v) is 3.77. The summed E-state index contributed by atoms with van der Waals surface area (Å²) in [5.74, 6) is 0.585. The molecule has 0 spiro atoms. The Kier molecular flexibility index (Phi) is 7.95. The van der Waals surface area contributed by atoms with Gasteiger partial charge < -0.3 is 10.4 Å². The molecule has 0 heterocycles.